The fourth-order valence-corrected chi connectivity index (χ4v) is 3.96. The van der Waals surface area contributed by atoms with Crippen molar-refractivity contribution in [3.05, 3.63) is 58.5 Å². The Morgan fingerprint density at radius 1 is 1.11 bits per heavy atom. The molecule has 0 aliphatic rings. The van der Waals surface area contributed by atoms with Crippen LogP contribution in [0.25, 0.3) is 11.3 Å². The second kappa shape index (κ2) is 8.89. The lowest BCUT2D eigenvalue weighted by Gasteiger charge is -2.10. The lowest BCUT2D eigenvalue weighted by atomic mass is 10.1. The van der Waals surface area contributed by atoms with Crippen molar-refractivity contribution in [2.75, 3.05) is 19.5 Å². The number of nitrogens with one attached hydrogen (secondary N) is 1. The number of rotatable bonds is 7. The summed E-state index contributed by atoms with van der Waals surface area (Å²) in [6.45, 7) is 4.12. The first kappa shape index (κ1) is 19.9. The van der Waals surface area contributed by atoms with Gasteiger partial charge in [0.15, 0.2) is 5.13 Å². The Balaban J connectivity index is 1.96. The van der Waals surface area contributed by atoms with Gasteiger partial charge in [-0.05, 0) is 43.7 Å². The molecule has 0 bridgehead atoms. The Kier molecular flexibility index (Phi) is 6.31. The highest BCUT2D eigenvalue weighted by atomic mass is 32.1. The van der Waals surface area contributed by atoms with Gasteiger partial charge >= 0.3 is 0 Å². The van der Waals surface area contributed by atoms with Crippen molar-refractivity contribution in [1.29, 1.82) is 0 Å². The molecular weight excluding hydrogens is 372 g/mol. The summed E-state index contributed by atoms with van der Waals surface area (Å²) in [5.41, 5.74) is 3.40. The number of methoxy groups -OCH3 is 2. The van der Waals surface area contributed by atoms with E-state index in [4.69, 9.17) is 14.5 Å². The van der Waals surface area contributed by atoms with Crippen LogP contribution >= 0.6 is 11.3 Å². The average Bonchev–Trinajstić information content (AvgIpc) is 3.10. The van der Waals surface area contributed by atoms with Crippen molar-refractivity contribution in [3.8, 4) is 22.8 Å². The highest BCUT2D eigenvalue weighted by Gasteiger charge is 2.19. The number of hydrogen-bond acceptors (Lipinski definition) is 5. The van der Waals surface area contributed by atoms with E-state index in [1.54, 1.807) is 14.2 Å². The van der Waals surface area contributed by atoms with E-state index in [1.807, 2.05) is 49.4 Å². The first-order valence-electron chi connectivity index (χ1n) is 9.15. The maximum atomic E-state index is 12.6. The molecule has 2 aromatic carbocycles. The van der Waals surface area contributed by atoms with Crippen LogP contribution in [0.15, 0.2) is 42.5 Å². The summed E-state index contributed by atoms with van der Waals surface area (Å²) < 4.78 is 10.9. The van der Waals surface area contributed by atoms with Gasteiger partial charge in [-0.25, -0.2) is 4.98 Å². The highest BCUT2D eigenvalue weighted by Crippen LogP contribution is 2.39. The van der Waals surface area contributed by atoms with Crippen LogP contribution in [-0.4, -0.2) is 25.1 Å². The second-order valence-electron chi connectivity index (χ2n) is 6.43. The molecule has 0 fully saturated rings. The quantitative estimate of drug-likeness (QED) is 0.585. The molecule has 0 aliphatic carbocycles. The molecule has 0 spiro atoms. The van der Waals surface area contributed by atoms with E-state index in [-0.39, 0.29) is 5.91 Å². The lowest BCUT2D eigenvalue weighted by molar-refractivity contribution is 0.102. The molecule has 0 aliphatic heterocycles. The summed E-state index contributed by atoms with van der Waals surface area (Å²) >= 11 is 1.50. The largest absolute Gasteiger partial charge is 0.497 e. The average molecular weight is 397 g/mol. The van der Waals surface area contributed by atoms with Crippen molar-refractivity contribution in [3.63, 3.8) is 0 Å². The van der Waals surface area contributed by atoms with Gasteiger partial charge in [-0.3, -0.25) is 10.1 Å². The maximum Gasteiger partial charge on any atom is 0.257 e. The number of hydrogen-bond donors (Lipinski definition) is 1. The molecule has 3 rings (SSSR count). The SMILES string of the molecule is CCCc1sc(NC(=O)c2ccc(C)cc2)nc1-c1cc(OC)ccc1OC. The lowest BCUT2D eigenvalue weighted by Crippen LogP contribution is -2.11. The van der Waals surface area contributed by atoms with Crippen molar-refractivity contribution < 1.29 is 14.3 Å². The van der Waals surface area contributed by atoms with E-state index in [0.717, 1.165) is 46.0 Å². The Bertz CT molecular complexity index is 964. The molecule has 28 heavy (non-hydrogen) atoms. The Labute approximate surface area is 169 Å². The second-order valence-corrected chi connectivity index (χ2v) is 7.51. The summed E-state index contributed by atoms with van der Waals surface area (Å²) in [6.07, 6.45) is 1.85. The van der Waals surface area contributed by atoms with E-state index in [0.29, 0.717) is 10.7 Å². The third-order valence-electron chi connectivity index (χ3n) is 4.37. The van der Waals surface area contributed by atoms with Gasteiger partial charge in [-0.2, -0.15) is 0 Å². The first-order chi connectivity index (χ1) is 13.5. The normalized spacial score (nSPS) is 10.6. The smallest absolute Gasteiger partial charge is 0.257 e. The third-order valence-corrected chi connectivity index (χ3v) is 5.40. The van der Waals surface area contributed by atoms with Crippen LogP contribution in [0.3, 0.4) is 0 Å². The molecular formula is C22H24N2O3S. The predicted molar refractivity (Wildman–Crippen MR) is 114 cm³/mol. The molecule has 146 valence electrons. The molecule has 1 heterocycles. The fourth-order valence-electron chi connectivity index (χ4n) is 2.89. The number of nitrogens with zero attached hydrogens (tertiary/aromatic N) is 1. The van der Waals surface area contributed by atoms with Crippen LogP contribution in [-0.2, 0) is 6.42 Å². The minimum Gasteiger partial charge on any atom is -0.497 e. The number of benzene rings is 2. The zero-order chi connectivity index (χ0) is 20.1. The van der Waals surface area contributed by atoms with Crippen molar-refractivity contribution in [2.24, 2.45) is 0 Å². The summed E-state index contributed by atoms with van der Waals surface area (Å²) in [7, 11) is 3.27. The van der Waals surface area contributed by atoms with Crippen LogP contribution in [0.5, 0.6) is 11.5 Å². The fraction of sp³-hybridized carbons (Fsp3) is 0.273. The molecule has 1 N–H and O–H groups in total. The van der Waals surface area contributed by atoms with E-state index >= 15 is 0 Å². The number of aromatic nitrogens is 1. The number of carbonyl (C=O) groups is 1. The van der Waals surface area contributed by atoms with Gasteiger partial charge in [0.05, 0.1) is 19.9 Å². The van der Waals surface area contributed by atoms with Crippen LogP contribution in [0.4, 0.5) is 5.13 Å². The number of amides is 1. The summed E-state index contributed by atoms with van der Waals surface area (Å²) in [6, 6.07) is 13.1. The Morgan fingerprint density at radius 2 is 1.86 bits per heavy atom. The standard InChI is InChI=1S/C22H24N2O3S/c1-5-6-19-20(17-13-16(26-3)11-12-18(17)27-4)23-22(28-19)24-21(25)15-9-7-14(2)8-10-15/h7-13H,5-6H2,1-4H3,(H,23,24,25). The zero-order valence-corrected chi connectivity index (χ0v) is 17.4. The van der Waals surface area contributed by atoms with E-state index < -0.39 is 0 Å². The number of carbonyl (C=O) groups excluding carboxylic acids is 1. The summed E-state index contributed by atoms with van der Waals surface area (Å²) in [5.74, 6) is 1.29. The Hall–Kier alpha value is -2.86. The van der Waals surface area contributed by atoms with Gasteiger partial charge in [0.1, 0.15) is 11.5 Å². The highest BCUT2D eigenvalue weighted by molar-refractivity contribution is 7.16. The van der Waals surface area contributed by atoms with Gasteiger partial charge in [-0.15, -0.1) is 11.3 Å². The Morgan fingerprint density at radius 3 is 2.50 bits per heavy atom. The van der Waals surface area contributed by atoms with Crippen LogP contribution < -0.4 is 14.8 Å². The zero-order valence-electron chi connectivity index (χ0n) is 16.5. The maximum absolute atomic E-state index is 12.6. The number of aryl methyl sites for hydroxylation is 2. The topological polar surface area (TPSA) is 60.5 Å². The van der Waals surface area contributed by atoms with Gasteiger partial charge in [0, 0.05) is 16.0 Å². The monoisotopic (exact) mass is 396 g/mol. The van der Waals surface area contributed by atoms with Crippen molar-refractivity contribution in [1.82, 2.24) is 4.98 Å². The molecule has 3 aromatic rings. The van der Waals surface area contributed by atoms with Gasteiger partial charge in [0.25, 0.3) is 5.91 Å². The summed E-state index contributed by atoms with van der Waals surface area (Å²) in [5, 5.41) is 3.51. The van der Waals surface area contributed by atoms with E-state index in [1.165, 1.54) is 11.3 Å². The molecule has 6 heteroatoms. The molecule has 5 nitrogen and oxygen atoms in total. The molecule has 0 saturated carbocycles. The number of ether oxygens (including phenoxy) is 2. The van der Waals surface area contributed by atoms with Gasteiger partial charge < -0.3 is 9.47 Å². The van der Waals surface area contributed by atoms with Crippen molar-refractivity contribution in [2.45, 2.75) is 26.7 Å². The van der Waals surface area contributed by atoms with Crippen molar-refractivity contribution >= 4 is 22.4 Å². The molecule has 0 atom stereocenters. The van der Waals surface area contributed by atoms with Crippen LogP contribution in [0, 0.1) is 6.92 Å². The first-order valence-corrected chi connectivity index (χ1v) is 9.97. The van der Waals surface area contributed by atoms with Gasteiger partial charge in [-0.1, -0.05) is 31.0 Å². The number of anilines is 1. The minimum atomic E-state index is -0.166. The minimum absolute atomic E-state index is 0.166. The van der Waals surface area contributed by atoms with E-state index in [9.17, 15) is 4.79 Å². The summed E-state index contributed by atoms with van der Waals surface area (Å²) in [4.78, 5) is 18.4. The molecule has 1 amide bonds. The molecule has 0 radical (unpaired) electrons. The molecule has 0 unspecified atom stereocenters. The number of thiazole rings is 1. The van der Waals surface area contributed by atoms with Crippen LogP contribution in [0.1, 0.15) is 34.1 Å². The van der Waals surface area contributed by atoms with Crippen LogP contribution in [0.2, 0.25) is 0 Å². The molecule has 0 saturated heterocycles. The molecule has 1 aromatic heterocycles. The predicted octanol–water partition coefficient (Wildman–Crippen LogP) is 5.34. The third kappa shape index (κ3) is 4.34. The van der Waals surface area contributed by atoms with E-state index in [2.05, 4.69) is 12.2 Å². The van der Waals surface area contributed by atoms with Gasteiger partial charge in [0.2, 0.25) is 0 Å².